The molecule has 0 amide bonds. The summed E-state index contributed by atoms with van der Waals surface area (Å²) in [7, 11) is 0. The Morgan fingerprint density at radius 3 is 2.50 bits per heavy atom. The van der Waals surface area contributed by atoms with Gasteiger partial charge in [-0.15, -0.1) is 0 Å². The molecule has 1 aromatic carbocycles. The molecule has 1 rings (SSSR count). The second kappa shape index (κ2) is 8.05. The molecule has 0 spiro atoms. The molecule has 0 saturated carbocycles. The summed E-state index contributed by atoms with van der Waals surface area (Å²) in [6, 6.07) is 9.76. The van der Waals surface area contributed by atoms with Crippen molar-refractivity contribution in [3.63, 3.8) is 0 Å². The van der Waals surface area contributed by atoms with Gasteiger partial charge in [-0.3, -0.25) is 4.79 Å². The molecule has 0 aromatic heterocycles. The van der Waals surface area contributed by atoms with E-state index in [0.29, 0.717) is 18.6 Å². The fraction of sp³-hybridized carbons (Fsp3) is 0.588. The van der Waals surface area contributed by atoms with Crippen LogP contribution in [-0.2, 0) is 16.1 Å². The lowest BCUT2D eigenvalue weighted by Crippen LogP contribution is -2.30. The van der Waals surface area contributed by atoms with Gasteiger partial charge in [-0.2, -0.15) is 0 Å². The lowest BCUT2D eigenvalue weighted by molar-refractivity contribution is -0.149. The Kier molecular flexibility index (Phi) is 6.73. The van der Waals surface area contributed by atoms with Crippen molar-refractivity contribution in [3.05, 3.63) is 35.9 Å². The molecule has 112 valence electrons. The minimum atomic E-state index is -0.142. The molecule has 0 heterocycles. The second-order valence-corrected chi connectivity index (χ2v) is 6.51. The van der Waals surface area contributed by atoms with Crippen LogP contribution in [0.25, 0.3) is 0 Å². The Morgan fingerprint density at radius 2 is 1.90 bits per heavy atom. The third kappa shape index (κ3) is 7.29. The van der Waals surface area contributed by atoms with Crippen LogP contribution in [0.5, 0.6) is 0 Å². The first kappa shape index (κ1) is 16.7. The minimum Gasteiger partial charge on any atom is -0.461 e. The Bertz CT molecular complexity index is 395. The first-order valence-electron chi connectivity index (χ1n) is 7.30. The molecule has 0 aliphatic carbocycles. The minimum absolute atomic E-state index is 0.112. The standard InChI is InChI=1S/C17H27NO2/c1-14(12-18-11-10-17(2,3)4)16(19)20-13-15-8-6-5-7-9-15/h5-9,14,18H,10-13H2,1-4H3. The summed E-state index contributed by atoms with van der Waals surface area (Å²) in [4.78, 5) is 11.8. The van der Waals surface area contributed by atoms with Crippen molar-refractivity contribution in [2.75, 3.05) is 13.1 Å². The predicted octanol–water partition coefficient (Wildman–Crippen LogP) is 3.39. The van der Waals surface area contributed by atoms with E-state index in [1.807, 2.05) is 37.3 Å². The molecule has 0 fully saturated rings. The zero-order valence-corrected chi connectivity index (χ0v) is 13.1. The highest BCUT2D eigenvalue weighted by Crippen LogP contribution is 2.17. The lowest BCUT2D eigenvalue weighted by Gasteiger charge is -2.19. The van der Waals surface area contributed by atoms with Crippen LogP contribution in [0.2, 0.25) is 0 Å². The molecule has 1 N–H and O–H groups in total. The Hall–Kier alpha value is -1.35. The molecule has 1 aromatic rings. The molecular formula is C17H27NO2. The van der Waals surface area contributed by atoms with Crippen molar-refractivity contribution >= 4 is 5.97 Å². The van der Waals surface area contributed by atoms with Crippen LogP contribution < -0.4 is 5.32 Å². The van der Waals surface area contributed by atoms with Crippen LogP contribution in [0.15, 0.2) is 30.3 Å². The SMILES string of the molecule is CC(CNCCC(C)(C)C)C(=O)OCc1ccccc1. The largest absolute Gasteiger partial charge is 0.461 e. The smallest absolute Gasteiger partial charge is 0.310 e. The number of carbonyl (C=O) groups excluding carboxylic acids is 1. The molecule has 0 aliphatic rings. The first-order chi connectivity index (χ1) is 9.38. The van der Waals surface area contributed by atoms with E-state index in [2.05, 4.69) is 26.1 Å². The summed E-state index contributed by atoms with van der Waals surface area (Å²) in [6.07, 6.45) is 1.10. The number of benzene rings is 1. The number of ether oxygens (including phenoxy) is 1. The monoisotopic (exact) mass is 277 g/mol. The van der Waals surface area contributed by atoms with Crippen LogP contribution in [0.3, 0.4) is 0 Å². The molecule has 20 heavy (non-hydrogen) atoms. The highest BCUT2D eigenvalue weighted by molar-refractivity contribution is 5.72. The predicted molar refractivity (Wildman–Crippen MR) is 82.3 cm³/mol. The number of rotatable bonds is 7. The van der Waals surface area contributed by atoms with Gasteiger partial charge in [-0.05, 0) is 23.9 Å². The van der Waals surface area contributed by atoms with E-state index in [0.717, 1.165) is 18.5 Å². The van der Waals surface area contributed by atoms with E-state index in [4.69, 9.17) is 4.74 Å². The van der Waals surface area contributed by atoms with Crippen LogP contribution in [0.4, 0.5) is 0 Å². The average molecular weight is 277 g/mol. The summed E-state index contributed by atoms with van der Waals surface area (Å²) >= 11 is 0. The van der Waals surface area contributed by atoms with E-state index in [9.17, 15) is 4.79 Å². The molecule has 1 atom stereocenters. The van der Waals surface area contributed by atoms with Crippen molar-refractivity contribution in [2.45, 2.75) is 40.7 Å². The Morgan fingerprint density at radius 1 is 1.25 bits per heavy atom. The van der Waals surface area contributed by atoms with Gasteiger partial charge in [0.05, 0.1) is 5.92 Å². The molecule has 1 unspecified atom stereocenters. The molecular weight excluding hydrogens is 250 g/mol. The topological polar surface area (TPSA) is 38.3 Å². The second-order valence-electron chi connectivity index (χ2n) is 6.51. The molecule has 0 radical (unpaired) electrons. The maximum absolute atomic E-state index is 11.8. The number of nitrogens with one attached hydrogen (secondary N) is 1. The van der Waals surface area contributed by atoms with Crippen molar-refractivity contribution in [3.8, 4) is 0 Å². The number of hydrogen-bond acceptors (Lipinski definition) is 3. The van der Waals surface area contributed by atoms with E-state index in [1.54, 1.807) is 0 Å². The zero-order valence-electron chi connectivity index (χ0n) is 13.1. The zero-order chi connectivity index (χ0) is 15.0. The normalized spacial score (nSPS) is 13.0. The third-order valence-electron chi connectivity index (χ3n) is 3.13. The fourth-order valence-electron chi connectivity index (χ4n) is 1.74. The molecule has 3 heteroatoms. The number of carbonyl (C=O) groups is 1. The molecule has 3 nitrogen and oxygen atoms in total. The van der Waals surface area contributed by atoms with Crippen LogP contribution in [0.1, 0.15) is 39.7 Å². The first-order valence-corrected chi connectivity index (χ1v) is 7.30. The quantitative estimate of drug-likeness (QED) is 0.613. The summed E-state index contributed by atoms with van der Waals surface area (Å²) < 4.78 is 5.31. The summed E-state index contributed by atoms with van der Waals surface area (Å²) in [5.41, 5.74) is 1.35. The van der Waals surface area contributed by atoms with Gasteiger partial charge in [0, 0.05) is 6.54 Å². The highest BCUT2D eigenvalue weighted by Gasteiger charge is 2.15. The van der Waals surface area contributed by atoms with Crippen LogP contribution in [0, 0.1) is 11.3 Å². The summed E-state index contributed by atoms with van der Waals surface area (Å²) in [5.74, 6) is -0.254. The fourth-order valence-corrected chi connectivity index (χ4v) is 1.74. The summed E-state index contributed by atoms with van der Waals surface area (Å²) in [6.45, 7) is 10.5. The van der Waals surface area contributed by atoms with Gasteiger partial charge in [0.15, 0.2) is 0 Å². The Balaban J connectivity index is 2.19. The average Bonchev–Trinajstić information content (AvgIpc) is 2.40. The van der Waals surface area contributed by atoms with Gasteiger partial charge in [-0.1, -0.05) is 58.0 Å². The van der Waals surface area contributed by atoms with Crippen molar-refractivity contribution < 1.29 is 9.53 Å². The summed E-state index contributed by atoms with van der Waals surface area (Å²) in [5, 5.41) is 3.32. The lowest BCUT2D eigenvalue weighted by atomic mass is 9.92. The van der Waals surface area contributed by atoms with E-state index in [-0.39, 0.29) is 11.9 Å². The van der Waals surface area contributed by atoms with Gasteiger partial charge in [0.1, 0.15) is 6.61 Å². The molecule has 0 saturated heterocycles. The maximum atomic E-state index is 11.8. The maximum Gasteiger partial charge on any atom is 0.310 e. The Labute approximate surface area is 122 Å². The van der Waals surface area contributed by atoms with Gasteiger partial charge >= 0.3 is 5.97 Å². The van der Waals surface area contributed by atoms with Crippen molar-refractivity contribution in [1.29, 1.82) is 0 Å². The van der Waals surface area contributed by atoms with Gasteiger partial charge in [0.25, 0.3) is 0 Å². The van der Waals surface area contributed by atoms with Gasteiger partial charge in [-0.25, -0.2) is 0 Å². The third-order valence-corrected chi connectivity index (χ3v) is 3.13. The molecule has 0 bridgehead atoms. The van der Waals surface area contributed by atoms with Crippen molar-refractivity contribution in [2.24, 2.45) is 11.3 Å². The highest BCUT2D eigenvalue weighted by atomic mass is 16.5. The van der Waals surface area contributed by atoms with E-state index >= 15 is 0 Å². The van der Waals surface area contributed by atoms with Crippen molar-refractivity contribution in [1.82, 2.24) is 5.32 Å². The number of esters is 1. The van der Waals surface area contributed by atoms with Gasteiger partial charge in [0.2, 0.25) is 0 Å². The van der Waals surface area contributed by atoms with Crippen LogP contribution in [-0.4, -0.2) is 19.1 Å². The number of hydrogen-bond donors (Lipinski definition) is 1. The van der Waals surface area contributed by atoms with E-state index < -0.39 is 0 Å². The van der Waals surface area contributed by atoms with E-state index in [1.165, 1.54) is 0 Å². The van der Waals surface area contributed by atoms with Crippen LogP contribution >= 0.6 is 0 Å². The van der Waals surface area contributed by atoms with Gasteiger partial charge < -0.3 is 10.1 Å². The molecule has 0 aliphatic heterocycles.